The second kappa shape index (κ2) is 16.5. The van der Waals surface area contributed by atoms with E-state index in [1.807, 2.05) is 0 Å². The largest absolute Gasteiger partial charge is 0.647 e. The number of phenols is 1. The van der Waals surface area contributed by atoms with Gasteiger partial charge in [0.2, 0.25) is 0 Å². The number of phosphoric ester groups is 1. The smallest absolute Gasteiger partial charge is 0.507 e. The molecular weight excluding hydrogens is 820 g/mol. The van der Waals surface area contributed by atoms with Crippen molar-refractivity contribution < 1.29 is 23.2 Å². The Morgan fingerprint density at radius 3 is 1.08 bits per heavy atom. The molecule has 0 aromatic heterocycles. The molecule has 65 heavy (non-hydrogen) atoms. The minimum Gasteiger partial charge on any atom is -0.507 e. The Bertz CT molecular complexity index is 2410. The standard InChI is InChI=1S/C59H87O5P/c1-26-39-41-28-36(53(5,6)7)32-45(57(17,18)19)49(41)62-65(61,63-50-42(39)29-37(54(8,9)10)33-46(50)58(20,21)22)64-51-43(30-38(55(11,12)13)34-47(51)59(23,24)25)40-27-35(52(2,3)4)31-44(48(40)60)56(14,15)16/h27-34,39,60H,26H2,1-25H3. The maximum absolute atomic E-state index is 16.8. The molecule has 1 heterocycles. The second-order valence-corrected chi connectivity index (χ2v) is 28.8. The number of hydrogen-bond acceptors (Lipinski definition) is 5. The summed E-state index contributed by atoms with van der Waals surface area (Å²) in [5, 5.41) is 12.6. The lowest BCUT2D eigenvalue weighted by Crippen LogP contribution is -2.25. The second-order valence-electron chi connectivity index (χ2n) is 27.4. The summed E-state index contributed by atoms with van der Waals surface area (Å²) >= 11 is 0. The Kier molecular flexibility index (Phi) is 13.3. The van der Waals surface area contributed by atoms with Crippen LogP contribution in [0.15, 0.2) is 48.5 Å². The first-order valence-corrected chi connectivity index (χ1v) is 25.6. The van der Waals surface area contributed by atoms with Crippen molar-refractivity contribution in [1.29, 1.82) is 0 Å². The van der Waals surface area contributed by atoms with E-state index < -0.39 is 24.1 Å². The van der Waals surface area contributed by atoms with Gasteiger partial charge >= 0.3 is 7.82 Å². The number of phosphoric acid groups is 1. The summed E-state index contributed by atoms with van der Waals surface area (Å²) in [5.41, 5.74) is 8.72. The predicted molar refractivity (Wildman–Crippen MR) is 278 cm³/mol. The minimum atomic E-state index is -4.70. The fourth-order valence-electron chi connectivity index (χ4n) is 8.76. The zero-order valence-corrected chi connectivity index (χ0v) is 46.3. The van der Waals surface area contributed by atoms with Gasteiger partial charge in [-0.1, -0.05) is 209 Å². The van der Waals surface area contributed by atoms with E-state index in [1.54, 1.807) is 0 Å². The van der Waals surface area contributed by atoms with Crippen molar-refractivity contribution in [3.63, 3.8) is 0 Å². The van der Waals surface area contributed by atoms with Gasteiger partial charge in [0, 0.05) is 50.4 Å². The molecule has 1 N–H and O–H groups in total. The van der Waals surface area contributed by atoms with Crippen LogP contribution in [0.5, 0.6) is 23.0 Å². The number of aromatic hydroxyl groups is 1. The molecule has 5 nitrogen and oxygen atoms in total. The first kappa shape index (κ1) is 52.3. The van der Waals surface area contributed by atoms with Gasteiger partial charge in [-0.25, -0.2) is 0 Å². The highest BCUT2D eigenvalue weighted by molar-refractivity contribution is 7.49. The van der Waals surface area contributed by atoms with Gasteiger partial charge in [-0.05, 0) is 84.1 Å². The van der Waals surface area contributed by atoms with Gasteiger partial charge in [0.05, 0.1) is 0 Å². The third-order valence-corrected chi connectivity index (χ3v) is 14.4. The molecule has 0 spiro atoms. The van der Waals surface area contributed by atoms with Crippen LogP contribution in [0, 0.1) is 0 Å². The van der Waals surface area contributed by atoms with Crippen molar-refractivity contribution in [2.75, 3.05) is 0 Å². The highest BCUT2D eigenvalue weighted by atomic mass is 31.2. The van der Waals surface area contributed by atoms with Crippen molar-refractivity contribution >= 4 is 7.82 Å². The molecule has 0 saturated heterocycles. The van der Waals surface area contributed by atoms with Gasteiger partial charge in [0.25, 0.3) is 0 Å². The lowest BCUT2D eigenvalue weighted by molar-refractivity contribution is 0.284. The van der Waals surface area contributed by atoms with Crippen molar-refractivity contribution in [2.24, 2.45) is 0 Å². The Hall–Kier alpha value is -3.69. The predicted octanol–water partition coefficient (Wildman–Crippen LogP) is 17.9. The minimum absolute atomic E-state index is 0.139. The van der Waals surface area contributed by atoms with Crippen LogP contribution in [0.25, 0.3) is 11.1 Å². The molecule has 1 aliphatic heterocycles. The average Bonchev–Trinajstić information content (AvgIpc) is 3.08. The van der Waals surface area contributed by atoms with Crippen LogP contribution in [-0.2, 0) is 47.9 Å². The van der Waals surface area contributed by atoms with Crippen LogP contribution in [-0.4, -0.2) is 5.11 Å². The Morgan fingerprint density at radius 1 is 0.446 bits per heavy atom. The van der Waals surface area contributed by atoms with E-state index in [0.717, 1.165) is 50.9 Å². The van der Waals surface area contributed by atoms with E-state index in [1.165, 1.54) is 11.1 Å². The molecule has 0 bridgehead atoms. The van der Waals surface area contributed by atoms with Crippen LogP contribution in [0.1, 0.15) is 241 Å². The Balaban J connectivity index is 2.06. The first-order valence-electron chi connectivity index (χ1n) is 24.1. The van der Waals surface area contributed by atoms with Gasteiger partial charge in [-0.15, -0.1) is 0 Å². The van der Waals surface area contributed by atoms with E-state index in [4.69, 9.17) is 13.6 Å². The molecular formula is C59H87O5P. The zero-order valence-electron chi connectivity index (χ0n) is 45.4. The average molecular weight is 907 g/mol. The fourth-order valence-corrected chi connectivity index (χ4v) is 10.2. The van der Waals surface area contributed by atoms with E-state index in [9.17, 15) is 5.11 Å². The molecule has 5 rings (SSSR count). The van der Waals surface area contributed by atoms with Gasteiger partial charge in [-0.2, -0.15) is 4.57 Å². The summed E-state index contributed by atoms with van der Waals surface area (Å²) in [6, 6.07) is 17.6. The number of benzene rings is 4. The lowest BCUT2D eigenvalue weighted by Gasteiger charge is -2.38. The topological polar surface area (TPSA) is 65.0 Å². The summed E-state index contributed by atoms with van der Waals surface area (Å²) in [6.07, 6.45) is 0.762. The maximum atomic E-state index is 16.8. The molecule has 0 radical (unpaired) electrons. The van der Waals surface area contributed by atoms with Crippen LogP contribution in [0.4, 0.5) is 0 Å². The Labute approximate surface area is 396 Å². The Morgan fingerprint density at radius 2 is 0.754 bits per heavy atom. The molecule has 6 heteroatoms. The monoisotopic (exact) mass is 907 g/mol. The first-order chi connectivity index (χ1) is 29.0. The molecule has 0 atom stereocenters. The third kappa shape index (κ3) is 10.9. The molecule has 4 aromatic rings. The normalized spacial score (nSPS) is 18.0. The molecule has 0 fully saturated rings. The van der Waals surface area contributed by atoms with Crippen LogP contribution < -0.4 is 13.6 Å². The van der Waals surface area contributed by atoms with Crippen LogP contribution in [0.2, 0.25) is 0 Å². The summed E-state index contributed by atoms with van der Waals surface area (Å²) in [7, 11) is -4.70. The highest BCUT2D eigenvalue weighted by Crippen LogP contribution is 2.62. The SMILES string of the molecule is CCC1c2cc(C(C)(C)C)cc(C(C)(C)C)c2OP(=O)(Oc2c(-c3cc(C(C)(C)C)cc(C(C)(C)C)c3O)cc(C(C)(C)C)cc2C(C)(C)C)Oc2c1cc(C(C)(C)C)cc2C(C)(C)C. The summed E-state index contributed by atoms with van der Waals surface area (Å²) < 4.78 is 38.5. The van der Waals surface area contributed by atoms with Crippen molar-refractivity contribution in [2.45, 2.75) is 229 Å². The molecule has 1 aliphatic rings. The van der Waals surface area contributed by atoms with Crippen LogP contribution in [0.3, 0.4) is 0 Å². The van der Waals surface area contributed by atoms with E-state index in [2.05, 4.69) is 222 Å². The van der Waals surface area contributed by atoms with E-state index >= 15 is 4.57 Å². The molecule has 0 saturated carbocycles. The van der Waals surface area contributed by atoms with Gasteiger partial charge in [-0.3, -0.25) is 0 Å². The van der Waals surface area contributed by atoms with E-state index in [0.29, 0.717) is 28.4 Å². The quantitative estimate of drug-likeness (QED) is 0.207. The van der Waals surface area contributed by atoms with Crippen molar-refractivity contribution in [1.82, 2.24) is 0 Å². The summed E-state index contributed by atoms with van der Waals surface area (Å²) in [6.45, 7) is 54.9. The van der Waals surface area contributed by atoms with E-state index in [-0.39, 0.29) is 38.7 Å². The molecule has 358 valence electrons. The summed E-state index contributed by atoms with van der Waals surface area (Å²) in [4.78, 5) is 0. The fraction of sp³-hybridized carbons (Fsp3) is 0.593. The lowest BCUT2D eigenvalue weighted by atomic mass is 9.73. The summed E-state index contributed by atoms with van der Waals surface area (Å²) in [5.74, 6) is 1.50. The van der Waals surface area contributed by atoms with Crippen LogP contribution >= 0.6 is 7.82 Å². The highest BCUT2D eigenvalue weighted by Gasteiger charge is 2.46. The third-order valence-electron chi connectivity index (χ3n) is 13.2. The number of rotatable bonds is 4. The van der Waals surface area contributed by atoms with Gasteiger partial charge in [0.1, 0.15) is 23.0 Å². The van der Waals surface area contributed by atoms with Gasteiger partial charge < -0.3 is 18.7 Å². The maximum Gasteiger partial charge on any atom is 0.647 e. The molecule has 0 amide bonds. The zero-order chi connectivity index (χ0) is 49.8. The van der Waals surface area contributed by atoms with Crippen molar-refractivity contribution in [3.8, 4) is 34.1 Å². The molecule has 0 aliphatic carbocycles. The number of phenolic OH excluding ortho intramolecular Hbond substituents is 1. The van der Waals surface area contributed by atoms with Gasteiger partial charge in [0.15, 0.2) is 0 Å². The molecule has 0 unspecified atom stereocenters. The number of hydrogen-bond donors (Lipinski definition) is 1. The van der Waals surface area contributed by atoms with Crippen molar-refractivity contribution in [3.05, 3.63) is 104 Å². The molecule has 4 aromatic carbocycles. The number of fused-ring (bicyclic) bond motifs is 2.